The van der Waals surface area contributed by atoms with Gasteiger partial charge in [-0.3, -0.25) is 20.1 Å². The first-order chi connectivity index (χ1) is 18.0. The smallest absolute Gasteiger partial charge is 0.116 e. The number of pyridine rings is 3. The van der Waals surface area contributed by atoms with Gasteiger partial charge in [-0.25, -0.2) is 0 Å². The van der Waals surface area contributed by atoms with Crippen LogP contribution in [0.4, 0.5) is 0 Å². The zero-order valence-electron chi connectivity index (χ0n) is 21.5. The third-order valence-corrected chi connectivity index (χ3v) is 6.43. The highest BCUT2D eigenvalue weighted by molar-refractivity contribution is 5.95. The van der Waals surface area contributed by atoms with Crippen LogP contribution in [0.25, 0.3) is 39.1 Å². The Hall–Kier alpha value is -4.36. The Kier molecular flexibility index (Phi) is 7.05. The van der Waals surface area contributed by atoms with Gasteiger partial charge in [0.05, 0.1) is 23.1 Å². The van der Waals surface area contributed by atoms with Crippen molar-refractivity contribution >= 4 is 16.5 Å². The van der Waals surface area contributed by atoms with Gasteiger partial charge in [-0.05, 0) is 75.8 Å². The van der Waals surface area contributed by atoms with Crippen LogP contribution in [-0.4, -0.2) is 55.7 Å². The Labute approximate surface area is 217 Å². The molecule has 0 fully saturated rings. The van der Waals surface area contributed by atoms with Crippen molar-refractivity contribution in [1.29, 1.82) is 0 Å². The summed E-state index contributed by atoms with van der Waals surface area (Å²) in [6.45, 7) is 7.03. The van der Waals surface area contributed by atoms with E-state index in [4.69, 9.17) is 4.98 Å². The third kappa shape index (κ3) is 5.27. The molecule has 0 aliphatic heterocycles. The van der Waals surface area contributed by atoms with Crippen LogP contribution in [-0.2, 0) is 6.42 Å². The first kappa shape index (κ1) is 24.3. The van der Waals surface area contributed by atoms with Gasteiger partial charge >= 0.3 is 0 Å². The maximum absolute atomic E-state index is 4.69. The predicted octanol–water partition coefficient (Wildman–Crippen LogP) is 5.83. The summed E-state index contributed by atoms with van der Waals surface area (Å²) < 4.78 is 0. The van der Waals surface area contributed by atoms with Crippen LogP contribution in [0.15, 0.2) is 80.0 Å². The van der Waals surface area contributed by atoms with Crippen molar-refractivity contribution in [3.05, 3.63) is 102 Å². The second-order valence-electron chi connectivity index (χ2n) is 9.46. The molecule has 5 aromatic rings. The van der Waals surface area contributed by atoms with Crippen LogP contribution in [0.3, 0.4) is 0 Å². The number of H-pyrrole nitrogens is 2. The van der Waals surface area contributed by atoms with Gasteiger partial charge in [-0.2, -0.15) is 5.10 Å². The molecule has 0 aliphatic carbocycles. The van der Waals surface area contributed by atoms with Gasteiger partial charge in [0.25, 0.3) is 0 Å². The second-order valence-corrected chi connectivity index (χ2v) is 9.46. The molecule has 0 amide bonds. The fourth-order valence-electron chi connectivity index (χ4n) is 4.59. The molecule has 37 heavy (non-hydrogen) atoms. The summed E-state index contributed by atoms with van der Waals surface area (Å²) in [5, 5.41) is 8.78. The van der Waals surface area contributed by atoms with Crippen molar-refractivity contribution in [2.24, 2.45) is 0 Å². The minimum atomic E-state index is 0.854. The van der Waals surface area contributed by atoms with E-state index >= 15 is 0 Å². The maximum Gasteiger partial charge on any atom is 0.116 e. The number of hydrogen-bond donors (Lipinski definition) is 2. The number of nitrogens with one attached hydrogen (secondary N) is 2. The molecule has 0 bridgehead atoms. The van der Waals surface area contributed by atoms with Gasteiger partial charge in [0.1, 0.15) is 5.69 Å². The van der Waals surface area contributed by atoms with Gasteiger partial charge in [0.15, 0.2) is 0 Å². The van der Waals surface area contributed by atoms with Crippen molar-refractivity contribution in [3.63, 3.8) is 0 Å². The molecular weight excluding hydrogens is 458 g/mol. The molecule has 0 unspecified atom stereocenters. The van der Waals surface area contributed by atoms with E-state index in [1.807, 2.05) is 36.9 Å². The Morgan fingerprint density at radius 2 is 1.97 bits per heavy atom. The maximum atomic E-state index is 4.69. The minimum absolute atomic E-state index is 0.854. The number of aryl methyl sites for hydroxylation is 2. The summed E-state index contributed by atoms with van der Waals surface area (Å²) in [6.07, 6.45) is 15.2. The third-order valence-electron chi connectivity index (χ3n) is 6.43. The Balaban J connectivity index is 1.50. The van der Waals surface area contributed by atoms with Crippen LogP contribution in [0, 0.1) is 6.92 Å². The van der Waals surface area contributed by atoms with Crippen molar-refractivity contribution in [2.45, 2.75) is 19.8 Å². The standard InChI is InChI=1S/C30H31N7/c1-5-8-24(22-10-6-11-31-17-22)25-14-28(34-20(25)2)30-26-15-27(33-19-29(26)35-36-30)23-13-21(16-32-18-23)9-7-12-37(3)4/h5-6,8,10-11,13-19,34H,1,7,9,12H2,2-4H3,(H,35,36)/b24-8-. The van der Waals surface area contributed by atoms with E-state index in [1.54, 1.807) is 12.3 Å². The Morgan fingerprint density at radius 1 is 1.08 bits per heavy atom. The number of fused-ring (bicyclic) bond motifs is 1. The van der Waals surface area contributed by atoms with Crippen molar-refractivity contribution in [2.75, 3.05) is 20.6 Å². The van der Waals surface area contributed by atoms with E-state index in [9.17, 15) is 0 Å². The first-order valence-corrected chi connectivity index (χ1v) is 12.4. The number of aromatic amines is 2. The molecule has 7 heteroatoms. The van der Waals surface area contributed by atoms with Gasteiger partial charge in [-0.1, -0.05) is 24.8 Å². The van der Waals surface area contributed by atoms with Crippen molar-refractivity contribution in [3.8, 4) is 22.6 Å². The van der Waals surface area contributed by atoms with E-state index in [0.29, 0.717) is 0 Å². The lowest BCUT2D eigenvalue weighted by molar-refractivity contribution is 0.400. The Morgan fingerprint density at radius 3 is 2.76 bits per heavy atom. The molecule has 0 aromatic carbocycles. The summed E-state index contributed by atoms with van der Waals surface area (Å²) in [5.74, 6) is 0. The molecule has 0 aliphatic rings. The van der Waals surface area contributed by atoms with Gasteiger partial charge in [-0.15, -0.1) is 0 Å². The molecule has 0 atom stereocenters. The minimum Gasteiger partial charge on any atom is -0.357 e. The molecule has 5 rings (SSSR count). The largest absolute Gasteiger partial charge is 0.357 e. The normalized spacial score (nSPS) is 11.9. The van der Waals surface area contributed by atoms with E-state index in [1.165, 1.54) is 5.56 Å². The first-order valence-electron chi connectivity index (χ1n) is 12.4. The quantitative estimate of drug-likeness (QED) is 0.254. The fourth-order valence-corrected chi connectivity index (χ4v) is 4.59. The average molecular weight is 490 g/mol. The van der Waals surface area contributed by atoms with Crippen LogP contribution >= 0.6 is 0 Å². The molecule has 0 radical (unpaired) electrons. The van der Waals surface area contributed by atoms with Crippen LogP contribution in [0.5, 0.6) is 0 Å². The summed E-state index contributed by atoms with van der Waals surface area (Å²) in [7, 11) is 4.20. The molecule has 7 nitrogen and oxygen atoms in total. The molecular formula is C30H31N7. The highest BCUT2D eigenvalue weighted by Crippen LogP contribution is 2.33. The predicted molar refractivity (Wildman–Crippen MR) is 150 cm³/mol. The van der Waals surface area contributed by atoms with Crippen LogP contribution in [0.1, 0.15) is 28.8 Å². The van der Waals surface area contributed by atoms with Crippen molar-refractivity contribution in [1.82, 2.24) is 35.0 Å². The highest BCUT2D eigenvalue weighted by atomic mass is 15.1. The second kappa shape index (κ2) is 10.7. The number of aromatic nitrogens is 6. The number of allylic oxidation sites excluding steroid dienone is 2. The van der Waals surface area contributed by atoms with Crippen LogP contribution in [0.2, 0.25) is 0 Å². The topological polar surface area (TPSA) is 86.4 Å². The zero-order chi connectivity index (χ0) is 25.8. The highest BCUT2D eigenvalue weighted by Gasteiger charge is 2.17. The SMILES string of the molecule is C=C/C=C(/c1cccnc1)c1cc(-c2n[nH]c3cnc(-c4cncc(CCCN(C)C)c4)cc23)[nH]c1C. The molecule has 2 N–H and O–H groups in total. The van der Waals surface area contributed by atoms with E-state index < -0.39 is 0 Å². The summed E-state index contributed by atoms with van der Waals surface area (Å²) in [5.41, 5.74) is 10.0. The lowest BCUT2D eigenvalue weighted by Gasteiger charge is -2.09. The molecule has 5 aromatic heterocycles. The van der Waals surface area contributed by atoms with Gasteiger partial charge < -0.3 is 9.88 Å². The summed E-state index contributed by atoms with van der Waals surface area (Å²) in [4.78, 5) is 19.2. The molecule has 0 spiro atoms. The number of rotatable bonds is 9. The van der Waals surface area contributed by atoms with E-state index in [0.717, 1.165) is 75.3 Å². The van der Waals surface area contributed by atoms with Gasteiger partial charge in [0, 0.05) is 52.6 Å². The number of hydrogen-bond acceptors (Lipinski definition) is 5. The Bertz CT molecular complexity index is 1560. The average Bonchev–Trinajstić information content (AvgIpc) is 3.50. The van der Waals surface area contributed by atoms with E-state index in [2.05, 4.69) is 81.9 Å². The molecule has 0 saturated carbocycles. The monoisotopic (exact) mass is 489 g/mol. The summed E-state index contributed by atoms with van der Waals surface area (Å²) in [6, 6.07) is 10.4. The molecule has 0 saturated heterocycles. The van der Waals surface area contributed by atoms with Gasteiger partial charge in [0.2, 0.25) is 0 Å². The van der Waals surface area contributed by atoms with E-state index in [-0.39, 0.29) is 0 Å². The molecule has 5 heterocycles. The lowest BCUT2D eigenvalue weighted by atomic mass is 9.98. The lowest BCUT2D eigenvalue weighted by Crippen LogP contribution is -2.13. The molecule has 186 valence electrons. The fraction of sp³-hybridized carbons (Fsp3) is 0.200. The zero-order valence-corrected chi connectivity index (χ0v) is 21.5. The van der Waals surface area contributed by atoms with Crippen LogP contribution < -0.4 is 0 Å². The van der Waals surface area contributed by atoms with Crippen molar-refractivity contribution < 1.29 is 0 Å². The number of nitrogens with zero attached hydrogens (tertiary/aromatic N) is 5. The summed E-state index contributed by atoms with van der Waals surface area (Å²) >= 11 is 0.